The van der Waals surface area contributed by atoms with Crippen molar-refractivity contribution in [1.29, 1.82) is 0 Å². The first kappa shape index (κ1) is 23.5. The highest BCUT2D eigenvalue weighted by atomic mass is 32.2. The fraction of sp³-hybridized carbons (Fsp3) is 0.217. The molecule has 0 radical (unpaired) electrons. The zero-order valence-corrected chi connectivity index (χ0v) is 18.9. The Kier molecular flexibility index (Phi) is 6.10. The molecule has 4 nitrogen and oxygen atoms in total. The van der Waals surface area contributed by atoms with Crippen molar-refractivity contribution in [1.82, 2.24) is 4.98 Å². The summed E-state index contributed by atoms with van der Waals surface area (Å²) in [5, 5.41) is 11.0. The topological polar surface area (TPSA) is 63.3 Å². The van der Waals surface area contributed by atoms with Crippen molar-refractivity contribution in [3.8, 4) is 11.1 Å². The number of aromatic nitrogens is 1. The molecule has 0 aliphatic rings. The van der Waals surface area contributed by atoms with Gasteiger partial charge in [0.1, 0.15) is 11.4 Å². The molecule has 172 valence electrons. The molecule has 0 bridgehead atoms. The summed E-state index contributed by atoms with van der Waals surface area (Å²) in [6, 6.07) is 12.0. The van der Waals surface area contributed by atoms with Gasteiger partial charge in [-0.05, 0) is 47.4 Å². The van der Waals surface area contributed by atoms with E-state index in [0.717, 1.165) is 29.3 Å². The van der Waals surface area contributed by atoms with E-state index in [4.69, 9.17) is 4.42 Å². The highest BCUT2D eigenvalue weighted by molar-refractivity contribution is 8.01. The highest BCUT2D eigenvalue weighted by Gasteiger charge is 2.58. The number of alkyl halides is 3. The third kappa shape index (κ3) is 4.42. The van der Waals surface area contributed by atoms with Crippen molar-refractivity contribution >= 4 is 34.1 Å². The molecule has 0 amide bonds. The van der Waals surface area contributed by atoms with Gasteiger partial charge >= 0.3 is 11.8 Å². The molecule has 1 N–H and O–H groups in total. The predicted octanol–water partition coefficient (Wildman–Crippen LogP) is 6.61. The molecule has 0 spiro atoms. The Balaban J connectivity index is 1.69. The predicted molar refractivity (Wildman–Crippen MR) is 119 cm³/mol. The zero-order chi connectivity index (χ0) is 24.0. The number of thiazole rings is 1. The van der Waals surface area contributed by atoms with Crippen LogP contribution in [0.4, 0.5) is 17.6 Å². The van der Waals surface area contributed by atoms with E-state index in [-0.39, 0.29) is 10.5 Å². The van der Waals surface area contributed by atoms with Gasteiger partial charge in [0.25, 0.3) is 0 Å². The average Bonchev–Trinajstić information content (AvgIpc) is 3.20. The van der Waals surface area contributed by atoms with Crippen LogP contribution in [-0.4, -0.2) is 16.3 Å². The van der Waals surface area contributed by atoms with Gasteiger partial charge in [0.15, 0.2) is 9.94 Å². The van der Waals surface area contributed by atoms with Crippen LogP contribution in [0.5, 0.6) is 0 Å². The summed E-state index contributed by atoms with van der Waals surface area (Å²) in [5.74, 6) is -1.50. The molecule has 2 aromatic heterocycles. The lowest BCUT2D eigenvalue weighted by molar-refractivity contribution is -0.281. The summed E-state index contributed by atoms with van der Waals surface area (Å²) in [7, 11) is 0. The number of halogens is 4. The number of hydrogen-bond donors (Lipinski definition) is 1. The number of fused-ring (bicyclic) bond motifs is 1. The molecule has 0 fully saturated rings. The molecule has 2 heterocycles. The maximum Gasteiger partial charge on any atom is 0.422 e. The Morgan fingerprint density at radius 1 is 1.09 bits per heavy atom. The maximum atomic E-state index is 13.5. The van der Waals surface area contributed by atoms with Gasteiger partial charge < -0.3 is 9.52 Å². The van der Waals surface area contributed by atoms with Gasteiger partial charge in [0.2, 0.25) is 0 Å². The molecule has 1 atom stereocenters. The van der Waals surface area contributed by atoms with Gasteiger partial charge in [-0.2, -0.15) is 13.2 Å². The van der Waals surface area contributed by atoms with Crippen LogP contribution in [0.2, 0.25) is 0 Å². The van der Waals surface area contributed by atoms with Crippen molar-refractivity contribution in [3.63, 3.8) is 0 Å². The number of nitrogens with zero attached hydrogens (tertiary/aromatic N) is 1. The van der Waals surface area contributed by atoms with Crippen LogP contribution >= 0.6 is 23.1 Å². The highest BCUT2D eigenvalue weighted by Crippen LogP contribution is 2.47. The Hall–Kier alpha value is -2.69. The molecule has 0 aliphatic carbocycles. The van der Waals surface area contributed by atoms with Crippen molar-refractivity contribution in [2.45, 2.75) is 34.9 Å². The van der Waals surface area contributed by atoms with Crippen LogP contribution in [0.15, 0.2) is 73.2 Å². The number of rotatable bonds is 5. The lowest BCUT2D eigenvalue weighted by Gasteiger charge is -2.32. The van der Waals surface area contributed by atoms with E-state index in [2.05, 4.69) is 4.98 Å². The molecule has 2 aromatic carbocycles. The van der Waals surface area contributed by atoms with Crippen LogP contribution in [0.25, 0.3) is 22.1 Å². The summed E-state index contributed by atoms with van der Waals surface area (Å²) >= 11 is 1.84. The van der Waals surface area contributed by atoms with Gasteiger partial charge in [0.05, 0.1) is 4.88 Å². The number of benzene rings is 2. The van der Waals surface area contributed by atoms with E-state index >= 15 is 0 Å². The third-order valence-corrected chi connectivity index (χ3v) is 7.39. The Labute approximate surface area is 193 Å². The normalized spacial score (nSPS) is 14.1. The quantitative estimate of drug-likeness (QED) is 0.249. The maximum absolute atomic E-state index is 13.5. The summed E-state index contributed by atoms with van der Waals surface area (Å²) in [6.45, 7) is 2.59. The second-order valence-corrected chi connectivity index (χ2v) is 10.0. The average molecular weight is 496 g/mol. The zero-order valence-electron chi connectivity index (χ0n) is 17.3. The first-order valence-electron chi connectivity index (χ1n) is 9.76. The summed E-state index contributed by atoms with van der Waals surface area (Å²) < 4.78 is 59.5. The van der Waals surface area contributed by atoms with E-state index in [1.54, 1.807) is 30.3 Å². The molecule has 0 saturated carbocycles. The number of aliphatic hydroxyl groups is 1. The van der Waals surface area contributed by atoms with Crippen molar-refractivity contribution in [2.24, 2.45) is 5.92 Å². The lowest BCUT2D eigenvalue weighted by Crippen LogP contribution is -2.46. The summed E-state index contributed by atoms with van der Waals surface area (Å²) in [5.41, 5.74) is -2.10. The number of hydrogen-bond acceptors (Lipinski definition) is 6. The molecule has 4 aromatic rings. The van der Waals surface area contributed by atoms with E-state index in [1.165, 1.54) is 32.0 Å². The van der Waals surface area contributed by atoms with Crippen LogP contribution in [-0.2, 0) is 5.60 Å². The SMILES string of the molecule is CC(C)C(O)(c1cnc(Sc2ccc3c(-c4ccc(F)cc4)cc(=O)oc3c2)s1)C(F)(F)F. The minimum absolute atomic E-state index is 0.276. The van der Waals surface area contributed by atoms with Gasteiger partial charge in [-0.15, -0.1) is 11.3 Å². The largest absolute Gasteiger partial charge is 0.423 e. The third-order valence-electron chi connectivity index (χ3n) is 5.20. The second kappa shape index (κ2) is 8.58. The smallest absolute Gasteiger partial charge is 0.422 e. The summed E-state index contributed by atoms with van der Waals surface area (Å²) in [4.78, 5) is 16.4. The molecule has 4 rings (SSSR count). The molecular weight excluding hydrogens is 478 g/mol. The first-order valence-corrected chi connectivity index (χ1v) is 11.4. The fourth-order valence-electron chi connectivity index (χ4n) is 3.41. The lowest BCUT2D eigenvalue weighted by atomic mass is 9.88. The molecule has 0 saturated heterocycles. The van der Waals surface area contributed by atoms with Crippen molar-refractivity contribution < 1.29 is 27.1 Å². The Bertz CT molecular complexity index is 1360. The van der Waals surface area contributed by atoms with E-state index in [0.29, 0.717) is 25.7 Å². The Morgan fingerprint density at radius 3 is 2.42 bits per heavy atom. The molecule has 33 heavy (non-hydrogen) atoms. The molecular formula is C23H17F4NO3S2. The first-order chi connectivity index (χ1) is 15.5. The van der Waals surface area contributed by atoms with Gasteiger partial charge in [0, 0.05) is 22.5 Å². The van der Waals surface area contributed by atoms with Gasteiger partial charge in [-0.3, -0.25) is 0 Å². The van der Waals surface area contributed by atoms with E-state index in [9.17, 15) is 27.5 Å². The van der Waals surface area contributed by atoms with Crippen LogP contribution in [0, 0.1) is 11.7 Å². The second-order valence-electron chi connectivity index (χ2n) is 7.66. The minimum Gasteiger partial charge on any atom is -0.423 e. The molecule has 10 heteroatoms. The minimum atomic E-state index is -4.85. The van der Waals surface area contributed by atoms with E-state index in [1.807, 2.05) is 0 Å². The van der Waals surface area contributed by atoms with Crippen molar-refractivity contribution in [2.75, 3.05) is 0 Å². The van der Waals surface area contributed by atoms with E-state index < -0.39 is 29.1 Å². The molecule has 1 unspecified atom stereocenters. The van der Waals surface area contributed by atoms with Crippen molar-refractivity contribution in [3.05, 3.63) is 75.8 Å². The van der Waals surface area contributed by atoms with Crippen LogP contribution < -0.4 is 5.63 Å². The monoisotopic (exact) mass is 495 g/mol. The van der Waals surface area contributed by atoms with Gasteiger partial charge in [-0.1, -0.05) is 37.7 Å². The standard InChI is InChI=1S/C23H17F4NO3S2/c1-12(2)22(30,23(25,26)27)19-11-28-21(33-19)32-15-7-8-16-17(10-20(29)31-18(16)9-15)13-3-5-14(24)6-4-13/h3-12,30H,1-2H3. The van der Waals surface area contributed by atoms with Crippen LogP contribution in [0.3, 0.4) is 0 Å². The van der Waals surface area contributed by atoms with Crippen LogP contribution in [0.1, 0.15) is 18.7 Å². The summed E-state index contributed by atoms with van der Waals surface area (Å²) in [6.07, 6.45) is -3.81. The molecule has 0 aliphatic heterocycles. The van der Waals surface area contributed by atoms with Gasteiger partial charge in [-0.25, -0.2) is 14.2 Å². The fourth-order valence-corrected chi connectivity index (χ4v) is 5.65. The Morgan fingerprint density at radius 2 is 1.79 bits per heavy atom.